The summed E-state index contributed by atoms with van der Waals surface area (Å²) in [6.07, 6.45) is 4.94. The third-order valence-corrected chi connectivity index (χ3v) is 3.78. The Morgan fingerprint density at radius 3 is 2.18 bits per heavy atom. The SMILES string of the molecule is O=C(OCCOCCOCCCCCCI)c1ccccc1. The van der Waals surface area contributed by atoms with Gasteiger partial charge in [0, 0.05) is 6.61 Å². The van der Waals surface area contributed by atoms with Crippen molar-refractivity contribution in [3.05, 3.63) is 35.9 Å². The molecular formula is C17H25IO4. The maximum absolute atomic E-state index is 11.6. The number of rotatable bonds is 13. The molecule has 0 saturated heterocycles. The zero-order chi connectivity index (χ0) is 15.9. The zero-order valence-electron chi connectivity index (χ0n) is 13.0. The molecule has 0 N–H and O–H groups in total. The average Bonchev–Trinajstić information content (AvgIpc) is 2.56. The number of carbonyl (C=O) groups is 1. The van der Waals surface area contributed by atoms with E-state index in [-0.39, 0.29) is 12.6 Å². The number of alkyl halides is 1. The van der Waals surface area contributed by atoms with Gasteiger partial charge in [-0.05, 0) is 29.4 Å². The van der Waals surface area contributed by atoms with Crippen molar-refractivity contribution in [2.45, 2.75) is 25.7 Å². The van der Waals surface area contributed by atoms with Crippen LogP contribution in [-0.2, 0) is 14.2 Å². The number of hydrogen-bond donors (Lipinski definition) is 0. The first-order chi connectivity index (χ1) is 10.8. The lowest BCUT2D eigenvalue weighted by Gasteiger charge is -2.07. The van der Waals surface area contributed by atoms with Crippen LogP contribution in [0.3, 0.4) is 0 Å². The van der Waals surface area contributed by atoms with Crippen molar-refractivity contribution in [3.8, 4) is 0 Å². The lowest BCUT2D eigenvalue weighted by molar-refractivity contribution is 0.0142. The maximum Gasteiger partial charge on any atom is 0.338 e. The fourth-order valence-corrected chi connectivity index (χ4v) is 2.36. The van der Waals surface area contributed by atoms with Crippen molar-refractivity contribution < 1.29 is 19.0 Å². The number of benzene rings is 1. The van der Waals surface area contributed by atoms with Crippen molar-refractivity contribution in [1.82, 2.24) is 0 Å². The van der Waals surface area contributed by atoms with Crippen molar-refractivity contribution in [1.29, 1.82) is 0 Å². The summed E-state index contributed by atoms with van der Waals surface area (Å²) in [5.74, 6) is -0.313. The lowest BCUT2D eigenvalue weighted by atomic mass is 10.2. The predicted octanol–water partition coefficient (Wildman–Crippen LogP) is 3.87. The van der Waals surface area contributed by atoms with E-state index in [4.69, 9.17) is 14.2 Å². The Labute approximate surface area is 146 Å². The van der Waals surface area contributed by atoms with Gasteiger partial charge in [-0.1, -0.05) is 53.6 Å². The molecule has 0 fully saturated rings. The second-order valence-corrected chi connectivity index (χ2v) is 5.91. The Morgan fingerprint density at radius 1 is 0.818 bits per heavy atom. The van der Waals surface area contributed by atoms with Crippen LogP contribution < -0.4 is 0 Å². The Kier molecular flexibility index (Phi) is 12.3. The van der Waals surface area contributed by atoms with Gasteiger partial charge in [-0.15, -0.1) is 0 Å². The molecule has 0 heterocycles. The fourth-order valence-electron chi connectivity index (χ4n) is 1.83. The highest BCUT2D eigenvalue weighted by atomic mass is 127. The molecule has 22 heavy (non-hydrogen) atoms. The Morgan fingerprint density at radius 2 is 1.45 bits per heavy atom. The van der Waals surface area contributed by atoms with Crippen LogP contribution in [0.4, 0.5) is 0 Å². The summed E-state index contributed by atoms with van der Waals surface area (Å²) in [5, 5.41) is 0. The molecule has 5 heteroatoms. The molecular weight excluding hydrogens is 395 g/mol. The first kappa shape index (κ1) is 19.4. The molecule has 0 aliphatic heterocycles. The number of carbonyl (C=O) groups excluding carboxylic acids is 1. The first-order valence-corrected chi connectivity index (χ1v) is 9.31. The van der Waals surface area contributed by atoms with E-state index >= 15 is 0 Å². The van der Waals surface area contributed by atoms with Crippen LogP contribution in [0.2, 0.25) is 0 Å². The first-order valence-electron chi connectivity index (χ1n) is 7.78. The summed E-state index contributed by atoms with van der Waals surface area (Å²) in [6, 6.07) is 8.95. The van der Waals surface area contributed by atoms with Crippen molar-refractivity contribution in [2.75, 3.05) is 37.5 Å². The Bertz CT molecular complexity index is 384. The summed E-state index contributed by atoms with van der Waals surface area (Å²) in [7, 11) is 0. The number of esters is 1. The van der Waals surface area contributed by atoms with Gasteiger partial charge < -0.3 is 14.2 Å². The topological polar surface area (TPSA) is 44.8 Å². The van der Waals surface area contributed by atoms with Crippen LogP contribution in [0.1, 0.15) is 36.0 Å². The van der Waals surface area contributed by atoms with Gasteiger partial charge in [-0.3, -0.25) is 0 Å². The number of hydrogen-bond acceptors (Lipinski definition) is 4. The quantitative estimate of drug-likeness (QED) is 0.210. The molecule has 0 unspecified atom stereocenters. The van der Waals surface area contributed by atoms with E-state index in [9.17, 15) is 4.79 Å². The molecule has 0 radical (unpaired) electrons. The van der Waals surface area contributed by atoms with Gasteiger partial charge in [0.2, 0.25) is 0 Å². The molecule has 0 aromatic heterocycles. The summed E-state index contributed by atoms with van der Waals surface area (Å²) >= 11 is 2.41. The minimum Gasteiger partial charge on any atom is -0.460 e. The molecule has 0 saturated carbocycles. The molecule has 0 amide bonds. The standard InChI is InChI=1S/C17H25IO4/c18-10-6-1-2-7-11-20-12-13-21-14-15-22-17(19)16-8-4-3-5-9-16/h3-5,8-9H,1-2,6-7,10-15H2. The molecule has 1 aromatic rings. The Hall–Kier alpha value is -0.660. The van der Waals surface area contributed by atoms with E-state index in [0.717, 1.165) is 13.0 Å². The van der Waals surface area contributed by atoms with Crippen molar-refractivity contribution >= 4 is 28.6 Å². The largest absolute Gasteiger partial charge is 0.460 e. The van der Waals surface area contributed by atoms with E-state index in [1.165, 1.54) is 23.7 Å². The van der Waals surface area contributed by atoms with Crippen LogP contribution in [0.25, 0.3) is 0 Å². The minimum atomic E-state index is -0.313. The smallest absolute Gasteiger partial charge is 0.338 e. The summed E-state index contributed by atoms with van der Waals surface area (Å²) in [5.41, 5.74) is 0.563. The number of halogens is 1. The number of ether oxygens (including phenoxy) is 3. The monoisotopic (exact) mass is 420 g/mol. The molecule has 0 bridgehead atoms. The van der Waals surface area contributed by atoms with Gasteiger partial charge in [0.1, 0.15) is 6.61 Å². The third kappa shape index (κ3) is 10.1. The van der Waals surface area contributed by atoms with E-state index in [1.807, 2.05) is 18.2 Å². The minimum absolute atomic E-state index is 0.268. The summed E-state index contributed by atoms with van der Waals surface area (Å²) < 4.78 is 17.2. The van der Waals surface area contributed by atoms with Crippen LogP contribution >= 0.6 is 22.6 Å². The van der Waals surface area contributed by atoms with E-state index < -0.39 is 0 Å². The van der Waals surface area contributed by atoms with Gasteiger partial charge in [0.05, 0.1) is 25.4 Å². The summed E-state index contributed by atoms with van der Waals surface area (Å²) in [6.45, 7) is 2.60. The van der Waals surface area contributed by atoms with Crippen molar-refractivity contribution in [2.24, 2.45) is 0 Å². The molecule has 0 aliphatic rings. The maximum atomic E-state index is 11.6. The van der Waals surface area contributed by atoms with Crippen LogP contribution in [0, 0.1) is 0 Å². The molecule has 4 nitrogen and oxygen atoms in total. The molecule has 0 aliphatic carbocycles. The average molecular weight is 420 g/mol. The normalized spacial score (nSPS) is 10.6. The van der Waals surface area contributed by atoms with Gasteiger partial charge in [0.25, 0.3) is 0 Å². The molecule has 124 valence electrons. The predicted molar refractivity (Wildman–Crippen MR) is 95.7 cm³/mol. The number of unbranched alkanes of at least 4 members (excludes halogenated alkanes) is 3. The summed E-state index contributed by atoms with van der Waals surface area (Å²) in [4.78, 5) is 11.6. The molecule has 1 aromatic carbocycles. The van der Waals surface area contributed by atoms with Gasteiger partial charge in [-0.2, -0.15) is 0 Å². The van der Waals surface area contributed by atoms with Crippen molar-refractivity contribution in [3.63, 3.8) is 0 Å². The second kappa shape index (κ2) is 14.0. The molecule has 1 rings (SSSR count). The van der Waals surface area contributed by atoms with E-state index in [1.54, 1.807) is 12.1 Å². The van der Waals surface area contributed by atoms with Gasteiger partial charge in [0.15, 0.2) is 0 Å². The molecule has 0 spiro atoms. The van der Waals surface area contributed by atoms with Crippen LogP contribution in [0.15, 0.2) is 30.3 Å². The lowest BCUT2D eigenvalue weighted by Crippen LogP contribution is -2.13. The van der Waals surface area contributed by atoms with Crippen LogP contribution in [-0.4, -0.2) is 43.4 Å². The fraction of sp³-hybridized carbons (Fsp3) is 0.588. The molecule has 0 atom stereocenters. The third-order valence-electron chi connectivity index (χ3n) is 3.01. The Balaban J connectivity index is 1.85. The highest BCUT2D eigenvalue weighted by Gasteiger charge is 2.04. The zero-order valence-corrected chi connectivity index (χ0v) is 15.1. The van der Waals surface area contributed by atoms with Gasteiger partial charge >= 0.3 is 5.97 Å². The highest BCUT2D eigenvalue weighted by molar-refractivity contribution is 14.1. The van der Waals surface area contributed by atoms with Gasteiger partial charge in [-0.25, -0.2) is 4.79 Å². The van der Waals surface area contributed by atoms with E-state index in [0.29, 0.717) is 25.4 Å². The van der Waals surface area contributed by atoms with Crippen LogP contribution in [0.5, 0.6) is 0 Å². The highest BCUT2D eigenvalue weighted by Crippen LogP contribution is 2.02. The second-order valence-electron chi connectivity index (χ2n) is 4.83. The van der Waals surface area contributed by atoms with E-state index in [2.05, 4.69) is 22.6 Å².